The van der Waals surface area contributed by atoms with E-state index in [2.05, 4.69) is 32.6 Å². The van der Waals surface area contributed by atoms with Crippen LogP contribution in [0.5, 0.6) is 0 Å². The summed E-state index contributed by atoms with van der Waals surface area (Å²) >= 11 is 0. The zero-order valence-electron chi connectivity index (χ0n) is 10.9. The molecule has 0 radical (unpaired) electrons. The van der Waals surface area contributed by atoms with E-state index in [9.17, 15) is 0 Å². The zero-order chi connectivity index (χ0) is 11.4. The number of hydrogen-bond donors (Lipinski definition) is 1. The fourth-order valence-electron chi connectivity index (χ4n) is 2.76. The Balaban J connectivity index is 2.42. The standard InChI is InChI=1S/C13H28N2/c1-10(2)12-5-7-15(8-6-12)13(9-14)11(3)4/h10-13H,5-9,14H2,1-4H3. The molecule has 2 heteroatoms. The van der Waals surface area contributed by atoms with Gasteiger partial charge in [0.15, 0.2) is 0 Å². The molecule has 2 nitrogen and oxygen atoms in total. The first-order valence-electron chi connectivity index (χ1n) is 6.50. The maximum atomic E-state index is 5.86. The monoisotopic (exact) mass is 212 g/mol. The highest BCUT2D eigenvalue weighted by atomic mass is 15.2. The fraction of sp³-hybridized carbons (Fsp3) is 1.00. The van der Waals surface area contributed by atoms with Crippen molar-refractivity contribution >= 4 is 0 Å². The molecule has 1 atom stereocenters. The molecule has 1 aliphatic heterocycles. The largest absolute Gasteiger partial charge is 0.329 e. The molecular formula is C13H28N2. The first-order valence-corrected chi connectivity index (χ1v) is 6.50. The number of hydrogen-bond acceptors (Lipinski definition) is 2. The summed E-state index contributed by atoms with van der Waals surface area (Å²) in [6.45, 7) is 12.6. The van der Waals surface area contributed by atoms with Crippen LogP contribution in [-0.4, -0.2) is 30.6 Å². The third-order valence-corrected chi connectivity index (χ3v) is 4.00. The summed E-state index contributed by atoms with van der Waals surface area (Å²) in [5, 5.41) is 0. The third-order valence-electron chi connectivity index (χ3n) is 4.00. The lowest BCUT2D eigenvalue weighted by molar-refractivity contribution is 0.0946. The van der Waals surface area contributed by atoms with Crippen LogP contribution < -0.4 is 5.73 Å². The minimum atomic E-state index is 0.595. The Morgan fingerprint density at radius 1 is 1.13 bits per heavy atom. The quantitative estimate of drug-likeness (QED) is 0.775. The first-order chi connectivity index (χ1) is 7.06. The Morgan fingerprint density at radius 2 is 1.67 bits per heavy atom. The Morgan fingerprint density at radius 3 is 2.00 bits per heavy atom. The van der Waals surface area contributed by atoms with E-state index in [1.54, 1.807) is 0 Å². The van der Waals surface area contributed by atoms with Crippen LogP contribution in [0.15, 0.2) is 0 Å². The molecule has 0 saturated carbocycles. The molecule has 0 spiro atoms. The van der Waals surface area contributed by atoms with Crippen LogP contribution in [0.1, 0.15) is 40.5 Å². The molecule has 1 heterocycles. The maximum absolute atomic E-state index is 5.86. The van der Waals surface area contributed by atoms with E-state index in [0.29, 0.717) is 12.0 Å². The topological polar surface area (TPSA) is 29.3 Å². The summed E-state index contributed by atoms with van der Waals surface area (Å²) in [5.41, 5.74) is 5.86. The molecule has 0 bridgehead atoms. The molecule has 0 amide bonds. The van der Waals surface area contributed by atoms with Gasteiger partial charge in [0.25, 0.3) is 0 Å². The number of nitrogens with zero attached hydrogens (tertiary/aromatic N) is 1. The van der Waals surface area contributed by atoms with Gasteiger partial charge in [0.05, 0.1) is 0 Å². The Bertz CT molecular complexity index is 169. The smallest absolute Gasteiger partial charge is 0.0241 e. The highest BCUT2D eigenvalue weighted by molar-refractivity contribution is 4.81. The second kappa shape index (κ2) is 5.86. The predicted octanol–water partition coefficient (Wildman–Crippen LogP) is 2.34. The zero-order valence-corrected chi connectivity index (χ0v) is 10.9. The molecule has 0 aliphatic carbocycles. The van der Waals surface area contributed by atoms with Gasteiger partial charge >= 0.3 is 0 Å². The van der Waals surface area contributed by atoms with E-state index >= 15 is 0 Å². The van der Waals surface area contributed by atoms with E-state index in [1.807, 2.05) is 0 Å². The molecule has 0 aromatic heterocycles. The van der Waals surface area contributed by atoms with Crippen molar-refractivity contribution in [3.63, 3.8) is 0 Å². The van der Waals surface area contributed by atoms with Crippen molar-refractivity contribution in [1.29, 1.82) is 0 Å². The SMILES string of the molecule is CC(C)C1CCN(C(CN)C(C)C)CC1. The van der Waals surface area contributed by atoms with Gasteiger partial charge in [-0.05, 0) is 43.7 Å². The minimum Gasteiger partial charge on any atom is -0.329 e. The number of piperidine rings is 1. The third kappa shape index (κ3) is 3.46. The van der Waals surface area contributed by atoms with Crippen molar-refractivity contribution in [2.45, 2.75) is 46.6 Å². The summed E-state index contributed by atoms with van der Waals surface area (Å²) < 4.78 is 0. The summed E-state index contributed by atoms with van der Waals surface area (Å²) in [5.74, 6) is 2.47. The second-order valence-corrected chi connectivity index (χ2v) is 5.66. The van der Waals surface area contributed by atoms with Crippen LogP contribution in [0.3, 0.4) is 0 Å². The molecular weight excluding hydrogens is 184 g/mol. The van der Waals surface area contributed by atoms with Gasteiger partial charge in [0.1, 0.15) is 0 Å². The number of rotatable bonds is 4. The van der Waals surface area contributed by atoms with Crippen LogP contribution in [-0.2, 0) is 0 Å². The summed E-state index contributed by atoms with van der Waals surface area (Å²) in [6.07, 6.45) is 2.72. The molecule has 15 heavy (non-hydrogen) atoms. The maximum Gasteiger partial charge on any atom is 0.0241 e. The summed E-state index contributed by atoms with van der Waals surface area (Å²) in [4.78, 5) is 2.60. The van der Waals surface area contributed by atoms with Crippen LogP contribution in [0.4, 0.5) is 0 Å². The van der Waals surface area contributed by atoms with Crippen molar-refractivity contribution in [3.05, 3.63) is 0 Å². The highest BCUT2D eigenvalue weighted by Gasteiger charge is 2.26. The van der Waals surface area contributed by atoms with Crippen molar-refractivity contribution in [1.82, 2.24) is 4.90 Å². The molecule has 1 aliphatic rings. The fourth-order valence-corrected chi connectivity index (χ4v) is 2.76. The second-order valence-electron chi connectivity index (χ2n) is 5.66. The normalized spacial score (nSPS) is 22.6. The minimum absolute atomic E-state index is 0.595. The van der Waals surface area contributed by atoms with Gasteiger partial charge in [0.2, 0.25) is 0 Å². The van der Waals surface area contributed by atoms with E-state index in [-0.39, 0.29) is 0 Å². The highest BCUT2D eigenvalue weighted by Crippen LogP contribution is 2.26. The first kappa shape index (κ1) is 13.0. The molecule has 1 unspecified atom stereocenters. The van der Waals surface area contributed by atoms with Gasteiger partial charge in [0, 0.05) is 12.6 Å². The molecule has 1 fully saturated rings. The lowest BCUT2D eigenvalue weighted by atomic mass is 9.85. The van der Waals surface area contributed by atoms with E-state index in [1.165, 1.54) is 25.9 Å². The van der Waals surface area contributed by atoms with Gasteiger partial charge < -0.3 is 5.73 Å². The van der Waals surface area contributed by atoms with Crippen LogP contribution in [0, 0.1) is 17.8 Å². The van der Waals surface area contributed by atoms with Crippen LogP contribution >= 0.6 is 0 Å². The molecule has 90 valence electrons. The van der Waals surface area contributed by atoms with Gasteiger partial charge in [-0.25, -0.2) is 0 Å². The van der Waals surface area contributed by atoms with E-state index in [0.717, 1.165) is 18.4 Å². The van der Waals surface area contributed by atoms with E-state index in [4.69, 9.17) is 5.73 Å². The molecule has 0 aromatic rings. The van der Waals surface area contributed by atoms with Gasteiger partial charge in [-0.15, -0.1) is 0 Å². The van der Waals surface area contributed by atoms with Gasteiger partial charge in [-0.3, -0.25) is 4.90 Å². The van der Waals surface area contributed by atoms with E-state index < -0.39 is 0 Å². The van der Waals surface area contributed by atoms with Crippen molar-refractivity contribution in [2.24, 2.45) is 23.5 Å². The lowest BCUT2D eigenvalue weighted by Crippen LogP contribution is -2.48. The number of likely N-dealkylation sites (tertiary alicyclic amines) is 1. The molecule has 0 aromatic carbocycles. The summed E-state index contributed by atoms with van der Waals surface area (Å²) in [7, 11) is 0. The Hall–Kier alpha value is -0.0800. The lowest BCUT2D eigenvalue weighted by Gasteiger charge is -2.40. The van der Waals surface area contributed by atoms with Crippen LogP contribution in [0.2, 0.25) is 0 Å². The average Bonchev–Trinajstić information content (AvgIpc) is 2.19. The van der Waals surface area contributed by atoms with Crippen molar-refractivity contribution < 1.29 is 0 Å². The van der Waals surface area contributed by atoms with Crippen molar-refractivity contribution in [2.75, 3.05) is 19.6 Å². The Labute approximate surface area is 95.2 Å². The Kier molecular flexibility index (Phi) is 5.07. The molecule has 1 rings (SSSR count). The summed E-state index contributed by atoms with van der Waals surface area (Å²) in [6, 6.07) is 0.595. The average molecular weight is 212 g/mol. The van der Waals surface area contributed by atoms with Crippen molar-refractivity contribution in [3.8, 4) is 0 Å². The van der Waals surface area contributed by atoms with Gasteiger partial charge in [-0.1, -0.05) is 27.7 Å². The van der Waals surface area contributed by atoms with Crippen LogP contribution in [0.25, 0.3) is 0 Å². The molecule has 2 N–H and O–H groups in total. The van der Waals surface area contributed by atoms with Gasteiger partial charge in [-0.2, -0.15) is 0 Å². The predicted molar refractivity (Wildman–Crippen MR) is 66.8 cm³/mol. The molecule has 1 saturated heterocycles. The number of nitrogens with two attached hydrogens (primary N) is 1.